The third-order valence-corrected chi connectivity index (χ3v) is 5.19. The molecule has 1 aromatic carbocycles. The summed E-state index contributed by atoms with van der Waals surface area (Å²) in [5, 5.41) is 0. The van der Waals surface area contributed by atoms with E-state index in [1.807, 2.05) is 0 Å². The van der Waals surface area contributed by atoms with Gasteiger partial charge in [-0.15, -0.1) is 0 Å². The van der Waals surface area contributed by atoms with Gasteiger partial charge in [0, 0.05) is 12.6 Å². The third-order valence-electron chi connectivity index (χ3n) is 3.76. The van der Waals surface area contributed by atoms with Crippen molar-refractivity contribution < 1.29 is 13.2 Å². The Morgan fingerprint density at radius 1 is 1.30 bits per heavy atom. The molecule has 112 valence electrons. The van der Waals surface area contributed by atoms with Crippen LogP contribution in [0.3, 0.4) is 0 Å². The predicted octanol–water partition coefficient (Wildman–Crippen LogP) is 1.49. The summed E-state index contributed by atoms with van der Waals surface area (Å²) in [4.78, 5) is 0.262. The molecule has 1 aliphatic carbocycles. The van der Waals surface area contributed by atoms with Gasteiger partial charge in [-0.3, -0.25) is 0 Å². The van der Waals surface area contributed by atoms with Crippen LogP contribution in [-0.2, 0) is 10.0 Å². The van der Waals surface area contributed by atoms with Crippen molar-refractivity contribution in [3.05, 3.63) is 24.3 Å². The summed E-state index contributed by atoms with van der Waals surface area (Å²) in [5.41, 5.74) is 5.92. The van der Waals surface area contributed by atoms with Crippen molar-refractivity contribution in [2.45, 2.75) is 36.6 Å². The lowest BCUT2D eigenvalue weighted by Crippen LogP contribution is -2.35. The zero-order valence-corrected chi connectivity index (χ0v) is 12.5. The molecule has 1 saturated carbocycles. The topological polar surface area (TPSA) is 81.4 Å². The number of hydrogen-bond acceptors (Lipinski definition) is 4. The number of rotatable bonds is 5. The number of nitrogens with two attached hydrogens (primary N) is 1. The van der Waals surface area contributed by atoms with E-state index in [0.29, 0.717) is 18.2 Å². The molecule has 0 aliphatic heterocycles. The van der Waals surface area contributed by atoms with Gasteiger partial charge in [0.05, 0.1) is 12.0 Å². The first-order valence-corrected chi connectivity index (χ1v) is 8.39. The first-order chi connectivity index (χ1) is 9.51. The van der Waals surface area contributed by atoms with Crippen molar-refractivity contribution in [2.24, 2.45) is 11.7 Å². The van der Waals surface area contributed by atoms with E-state index in [-0.39, 0.29) is 10.9 Å². The summed E-state index contributed by atoms with van der Waals surface area (Å²) < 4.78 is 32.0. The number of nitrogens with one attached hydrogen (secondary N) is 1. The van der Waals surface area contributed by atoms with E-state index in [2.05, 4.69) is 4.72 Å². The van der Waals surface area contributed by atoms with Crippen LogP contribution in [0, 0.1) is 5.92 Å². The molecule has 2 atom stereocenters. The zero-order valence-electron chi connectivity index (χ0n) is 11.7. The van der Waals surface area contributed by atoms with E-state index in [1.165, 1.54) is 0 Å². The van der Waals surface area contributed by atoms with Crippen LogP contribution in [0.2, 0.25) is 0 Å². The minimum absolute atomic E-state index is 0.208. The van der Waals surface area contributed by atoms with Gasteiger partial charge in [0.1, 0.15) is 5.75 Å². The molecule has 0 amide bonds. The minimum Gasteiger partial charge on any atom is -0.497 e. The van der Waals surface area contributed by atoms with Gasteiger partial charge >= 0.3 is 0 Å². The average molecular weight is 298 g/mol. The molecule has 1 fully saturated rings. The number of methoxy groups -OCH3 is 1. The molecule has 20 heavy (non-hydrogen) atoms. The van der Waals surface area contributed by atoms with Crippen LogP contribution in [0.15, 0.2) is 29.2 Å². The van der Waals surface area contributed by atoms with Gasteiger partial charge in [0.15, 0.2) is 0 Å². The standard InChI is InChI=1S/C14H22N2O3S/c1-19-13-5-7-14(8-6-13)20(17,18)16-10-11-3-2-4-12(15)9-11/h5-8,11-12,16H,2-4,9-10,15H2,1H3. The quantitative estimate of drug-likeness (QED) is 0.863. The molecule has 1 aliphatic rings. The summed E-state index contributed by atoms with van der Waals surface area (Å²) in [7, 11) is -1.90. The van der Waals surface area contributed by atoms with Crippen LogP contribution in [-0.4, -0.2) is 28.1 Å². The Labute approximate surface area is 120 Å². The lowest BCUT2D eigenvalue weighted by molar-refractivity contribution is 0.322. The molecule has 2 unspecified atom stereocenters. The molecule has 2 rings (SSSR count). The Morgan fingerprint density at radius 3 is 2.60 bits per heavy atom. The van der Waals surface area contributed by atoms with Crippen LogP contribution in [0.4, 0.5) is 0 Å². The van der Waals surface area contributed by atoms with Gasteiger partial charge in [0.2, 0.25) is 10.0 Å². The van der Waals surface area contributed by atoms with Crippen LogP contribution < -0.4 is 15.2 Å². The van der Waals surface area contributed by atoms with Crippen LogP contribution >= 0.6 is 0 Å². The third kappa shape index (κ3) is 3.94. The predicted molar refractivity (Wildman–Crippen MR) is 78.1 cm³/mol. The van der Waals surface area contributed by atoms with E-state index in [1.54, 1.807) is 31.4 Å². The smallest absolute Gasteiger partial charge is 0.240 e. The number of benzene rings is 1. The molecule has 0 saturated heterocycles. The summed E-state index contributed by atoms with van der Waals surface area (Å²) >= 11 is 0. The zero-order chi connectivity index (χ0) is 14.6. The van der Waals surface area contributed by atoms with Crippen molar-refractivity contribution >= 4 is 10.0 Å². The Balaban J connectivity index is 1.96. The molecule has 0 bridgehead atoms. The van der Waals surface area contributed by atoms with Gasteiger partial charge in [-0.2, -0.15) is 0 Å². The normalized spacial score (nSPS) is 23.5. The fourth-order valence-corrected chi connectivity index (χ4v) is 3.70. The lowest BCUT2D eigenvalue weighted by atomic mass is 9.86. The highest BCUT2D eigenvalue weighted by molar-refractivity contribution is 7.89. The molecular formula is C14H22N2O3S. The van der Waals surface area contributed by atoms with E-state index in [0.717, 1.165) is 25.7 Å². The lowest BCUT2D eigenvalue weighted by Gasteiger charge is -2.26. The first-order valence-electron chi connectivity index (χ1n) is 6.90. The maximum Gasteiger partial charge on any atom is 0.240 e. The maximum atomic E-state index is 12.2. The Kier molecular flexibility index (Phi) is 5.01. The van der Waals surface area contributed by atoms with Crippen molar-refractivity contribution in [1.29, 1.82) is 0 Å². The summed E-state index contributed by atoms with van der Waals surface area (Å²) in [5.74, 6) is 0.981. The molecule has 0 heterocycles. The fourth-order valence-electron chi connectivity index (χ4n) is 2.58. The largest absolute Gasteiger partial charge is 0.497 e. The fraction of sp³-hybridized carbons (Fsp3) is 0.571. The molecule has 0 aromatic heterocycles. The second kappa shape index (κ2) is 6.56. The highest BCUT2D eigenvalue weighted by Gasteiger charge is 2.22. The van der Waals surface area contributed by atoms with Gasteiger partial charge in [0.25, 0.3) is 0 Å². The van der Waals surface area contributed by atoms with Gasteiger partial charge in [-0.25, -0.2) is 13.1 Å². The first kappa shape index (κ1) is 15.3. The molecule has 0 spiro atoms. The summed E-state index contributed by atoms with van der Waals surface area (Å²) in [6.45, 7) is 0.460. The van der Waals surface area contributed by atoms with Gasteiger partial charge in [-0.1, -0.05) is 6.42 Å². The highest BCUT2D eigenvalue weighted by Crippen LogP contribution is 2.23. The number of ether oxygens (including phenoxy) is 1. The summed E-state index contributed by atoms with van der Waals surface area (Å²) in [6, 6.07) is 6.59. The minimum atomic E-state index is -3.45. The van der Waals surface area contributed by atoms with E-state index < -0.39 is 10.0 Å². The average Bonchev–Trinajstić information content (AvgIpc) is 2.45. The van der Waals surface area contributed by atoms with E-state index >= 15 is 0 Å². The SMILES string of the molecule is COc1ccc(S(=O)(=O)NCC2CCCC(N)C2)cc1. The second-order valence-electron chi connectivity index (χ2n) is 5.32. The van der Waals surface area contributed by atoms with Crippen molar-refractivity contribution in [2.75, 3.05) is 13.7 Å². The Morgan fingerprint density at radius 2 is 2.00 bits per heavy atom. The molecule has 1 aromatic rings. The highest BCUT2D eigenvalue weighted by atomic mass is 32.2. The van der Waals surface area contributed by atoms with Crippen LogP contribution in [0.1, 0.15) is 25.7 Å². The molecule has 6 heteroatoms. The van der Waals surface area contributed by atoms with Crippen LogP contribution in [0.25, 0.3) is 0 Å². The van der Waals surface area contributed by atoms with E-state index in [9.17, 15) is 8.42 Å². The van der Waals surface area contributed by atoms with Crippen LogP contribution in [0.5, 0.6) is 5.75 Å². The molecule has 5 nitrogen and oxygen atoms in total. The molecule has 0 radical (unpaired) electrons. The van der Waals surface area contributed by atoms with Gasteiger partial charge in [-0.05, 0) is 49.4 Å². The Hall–Kier alpha value is -1.11. The second-order valence-corrected chi connectivity index (χ2v) is 7.09. The molecule has 3 N–H and O–H groups in total. The number of sulfonamides is 1. The summed E-state index contributed by atoms with van der Waals surface area (Å²) in [6.07, 6.45) is 4.06. The van der Waals surface area contributed by atoms with Crippen molar-refractivity contribution in [3.8, 4) is 5.75 Å². The monoisotopic (exact) mass is 298 g/mol. The van der Waals surface area contributed by atoms with E-state index in [4.69, 9.17) is 10.5 Å². The Bertz CT molecular complexity index is 528. The van der Waals surface area contributed by atoms with Gasteiger partial charge < -0.3 is 10.5 Å². The van der Waals surface area contributed by atoms with Crippen molar-refractivity contribution in [3.63, 3.8) is 0 Å². The maximum absolute atomic E-state index is 12.2. The van der Waals surface area contributed by atoms with Crippen molar-refractivity contribution in [1.82, 2.24) is 4.72 Å². The number of hydrogen-bond donors (Lipinski definition) is 2. The molecular weight excluding hydrogens is 276 g/mol.